The third kappa shape index (κ3) is 3.96. The van der Waals surface area contributed by atoms with Gasteiger partial charge in [-0.25, -0.2) is 9.97 Å². The van der Waals surface area contributed by atoms with Crippen LogP contribution in [0.3, 0.4) is 0 Å². The van der Waals surface area contributed by atoms with Crippen molar-refractivity contribution < 1.29 is 0 Å². The van der Waals surface area contributed by atoms with Crippen LogP contribution >= 0.6 is 15.9 Å². The molecule has 1 aliphatic heterocycles. The van der Waals surface area contributed by atoms with Gasteiger partial charge in [0.15, 0.2) is 0 Å². The van der Waals surface area contributed by atoms with Gasteiger partial charge in [0.2, 0.25) is 0 Å². The minimum Gasteiger partial charge on any atom is -0.366 e. The van der Waals surface area contributed by atoms with E-state index >= 15 is 0 Å². The average Bonchev–Trinajstić information content (AvgIpc) is 2.56. The molecule has 0 unspecified atom stereocenters. The van der Waals surface area contributed by atoms with Gasteiger partial charge in [-0.2, -0.15) is 0 Å². The summed E-state index contributed by atoms with van der Waals surface area (Å²) in [4.78, 5) is 13.6. The lowest BCUT2D eigenvalue weighted by Crippen LogP contribution is -2.44. The van der Waals surface area contributed by atoms with E-state index in [1.54, 1.807) is 6.20 Å². The molecule has 3 rings (SSSR count). The van der Waals surface area contributed by atoms with E-state index in [2.05, 4.69) is 60.2 Å². The van der Waals surface area contributed by atoms with E-state index in [4.69, 9.17) is 0 Å². The standard InChI is InChI=1S/C16H20BrN5/c1-21-6-8-22(9-7-21)16-5-2-13(11-20-16)10-18-15-4-3-14(17)12-19-15/h2-5,11-12H,6-10H2,1H3,(H,18,19). The Kier molecular flexibility index (Phi) is 4.90. The molecule has 2 aromatic heterocycles. The smallest absolute Gasteiger partial charge is 0.128 e. The SMILES string of the molecule is CN1CCN(c2ccc(CNc3ccc(Br)cn3)cn2)CC1. The molecule has 1 saturated heterocycles. The van der Waals surface area contributed by atoms with Gasteiger partial charge in [-0.1, -0.05) is 6.07 Å². The van der Waals surface area contributed by atoms with Crippen LogP contribution in [0.2, 0.25) is 0 Å². The predicted octanol–water partition coefficient (Wildman–Crippen LogP) is 2.60. The van der Waals surface area contributed by atoms with E-state index in [9.17, 15) is 0 Å². The number of aromatic nitrogens is 2. The molecule has 0 atom stereocenters. The number of hydrogen-bond donors (Lipinski definition) is 1. The van der Waals surface area contributed by atoms with Crippen LogP contribution in [-0.2, 0) is 6.54 Å². The minimum absolute atomic E-state index is 0.727. The van der Waals surface area contributed by atoms with Crippen LogP contribution in [0, 0.1) is 0 Å². The van der Waals surface area contributed by atoms with Crippen LogP contribution in [0.15, 0.2) is 41.1 Å². The number of anilines is 2. The first kappa shape index (κ1) is 15.2. The molecular weight excluding hydrogens is 342 g/mol. The maximum absolute atomic E-state index is 4.59. The fourth-order valence-electron chi connectivity index (χ4n) is 2.42. The van der Waals surface area contributed by atoms with Crippen molar-refractivity contribution in [3.05, 3.63) is 46.7 Å². The van der Waals surface area contributed by atoms with Gasteiger partial charge >= 0.3 is 0 Å². The molecule has 0 aliphatic carbocycles. The van der Waals surface area contributed by atoms with Crippen LogP contribution < -0.4 is 10.2 Å². The Morgan fingerprint density at radius 3 is 2.50 bits per heavy atom. The minimum atomic E-state index is 0.727. The summed E-state index contributed by atoms with van der Waals surface area (Å²) >= 11 is 3.38. The molecule has 1 N–H and O–H groups in total. The van der Waals surface area contributed by atoms with Crippen molar-refractivity contribution in [3.8, 4) is 0 Å². The molecule has 2 aromatic rings. The maximum atomic E-state index is 4.59. The summed E-state index contributed by atoms with van der Waals surface area (Å²) in [5.74, 6) is 1.94. The van der Waals surface area contributed by atoms with E-state index in [0.29, 0.717) is 0 Å². The Balaban J connectivity index is 1.56. The summed E-state index contributed by atoms with van der Waals surface area (Å²) < 4.78 is 0.983. The zero-order valence-electron chi connectivity index (χ0n) is 12.7. The van der Waals surface area contributed by atoms with Crippen molar-refractivity contribution in [2.45, 2.75) is 6.54 Å². The molecule has 5 nitrogen and oxygen atoms in total. The summed E-state index contributed by atoms with van der Waals surface area (Å²) in [7, 11) is 2.16. The largest absolute Gasteiger partial charge is 0.366 e. The summed E-state index contributed by atoms with van der Waals surface area (Å²) in [6.07, 6.45) is 3.73. The number of rotatable bonds is 4. The number of pyridine rings is 2. The number of hydrogen-bond acceptors (Lipinski definition) is 5. The monoisotopic (exact) mass is 361 g/mol. The molecule has 0 saturated carbocycles. The lowest BCUT2D eigenvalue weighted by molar-refractivity contribution is 0.312. The molecule has 6 heteroatoms. The predicted molar refractivity (Wildman–Crippen MR) is 93.2 cm³/mol. The van der Waals surface area contributed by atoms with Gasteiger partial charge < -0.3 is 15.1 Å². The Morgan fingerprint density at radius 2 is 1.86 bits per heavy atom. The number of nitrogens with zero attached hydrogens (tertiary/aromatic N) is 4. The average molecular weight is 362 g/mol. The summed E-state index contributed by atoms with van der Waals surface area (Å²) in [6.45, 7) is 5.01. The number of nitrogens with one attached hydrogen (secondary N) is 1. The second kappa shape index (κ2) is 7.07. The van der Waals surface area contributed by atoms with Crippen LogP contribution in [0.1, 0.15) is 5.56 Å². The molecule has 116 valence electrons. The zero-order valence-corrected chi connectivity index (χ0v) is 14.3. The van der Waals surface area contributed by atoms with Gasteiger partial charge in [-0.05, 0) is 46.7 Å². The molecule has 1 fully saturated rings. The van der Waals surface area contributed by atoms with Gasteiger partial charge in [0.1, 0.15) is 11.6 Å². The molecular formula is C16H20BrN5. The van der Waals surface area contributed by atoms with Crippen molar-refractivity contribution in [1.29, 1.82) is 0 Å². The van der Waals surface area contributed by atoms with Crippen molar-refractivity contribution in [2.75, 3.05) is 43.4 Å². The van der Waals surface area contributed by atoms with Gasteiger partial charge in [-0.15, -0.1) is 0 Å². The van der Waals surface area contributed by atoms with E-state index in [-0.39, 0.29) is 0 Å². The Hall–Kier alpha value is -1.66. The number of likely N-dealkylation sites (N-methyl/N-ethyl adjacent to an activating group) is 1. The van der Waals surface area contributed by atoms with Crippen molar-refractivity contribution >= 4 is 27.6 Å². The molecule has 0 radical (unpaired) electrons. The summed E-state index contributed by atoms with van der Waals surface area (Å²) in [5.41, 5.74) is 1.16. The highest BCUT2D eigenvalue weighted by atomic mass is 79.9. The third-order valence-electron chi connectivity index (χ3n) is 3.84. The lowest BCUT2D eigenvalue weighted by atomic mass is 10.2. The van der Waals surface area contributed by atoms with Crippen molar-refractivity contribution in [1.82, 2.24) is 14.9 Å². The Morgan fingerprint density at radius 1 is 1.05 bits per heavy atom. The van der Waals surface area contributed by atoms with Crippen LogP contribution in [0.5, 0.6) is 0 Å². The molecule has 3 heterocycles. The van der Waals surface area contributed by atoms with E-state index in [0.717, 1.165) is 54.4 Å². The van der Waals surface area contributed by atoms with Gasteiger partial charge in [-0.3, -0.25) is 0 Å². The summed E-state index contributed by atoms with van der Waals surface area (Å²) in [6, 6.07) is 8.17. The normalized spacial score (nSPS) is 15.8. The van der Waals surface area contributed by atoms with Crippen LogP contribution in [0.4, 0.5) is 11.6 Å². The second-order valence-electron chi connectivity index (χ2n) is 5.53. The highest BCUT2D eigenvalue weighted by Gasteiger charge is 2.14. The Bertz CT molecular complexity index is 591. The highest BCUT2D eigenvalue weighted by Crippen LogP contribution is 2.15. The summed E-state index contributed by atoms with van der Waals surface area (Å²) in [5, 5.41) is 3.30. The van der Waals surface area contributed by atoms with E-state index in [1.165, 1.54) is 0 Å². The molecule has 1 aliphatic rings. The fraction of sp³-hybridized carbons (Fsp3) is 0.375. The lowest BCUT2D eigenvalue weighted by Gasteiger charge is -2.33. The molecule has 0 amide bonds. The first-order chi connectivity index (χ1) is 10.7. The maximum Gasteiger partial charge on any atom is 0.128 e. The van der Waals surface area contributed by atoms with Gasteiger partial charge in [0, 0.05) is 49.6 Å². The van der Waals surface area contributed by atoms with Gasteiger partial charge in [0.05, 0.1) is 0 Å². The third-order valence-corrected chi connectivity index (χ3v) is 4.31. The topological polar surface area (TPSA) is 44.3 Å². The molecule has 0 bridgehead atoms. The fourth-order valence-corrected chi connectivity index (χ4v) is 2.65. The zero-order chi connectivity index (χ0) is 15.4. The van der Waals surface area contributed by atoms with Crippen LogP contribution in [-0.4, -0.2) is 48.1 Å². The van der Waals surface area contributed by atoms with Crippen molar-refractivity contribution in [2.24, 2.45) is 0 Å². The molecule has 0 spiro atoms. The second-order valence-corrected chi connectivity index (χ2v) is 6.45. The van der Waals surface area contributed by atoms with Gasteiger partial charge in [0.25, 0.3) is 0 Å². The van der Waals surface area contributed by atoms with E-state index < -0.39 is 0 Å². The molecule has 22 heavy (non-hydrogen) atoms. The van der Waals surface area contributed by atoms with Crippen molar-refractivity contribution in [3.63, 3.8) is 0 Å². The number of halogens is 1. The highest BCUT2D eigenvalue weighted by molar-refractivity contribution is 9.10. The van der Waals surface area contributed by atoms with Crippen LogP contribution in [0.25, 0.3) is 0 Å². The number of piperazine rings is 1. The first-order valence-corrected chi connectivity index (χ1v) is 8.24. The quantitative estimate of drug-likeness (QED) is 0.906. The first-order valence-electron chi connectivity index (χ1n) is 7.44. The van der Waals surface area contributed by atoms with E-state index in [1.807, 2.05) is 18.3 Å². The molecule has 0 aromatic carbocycles. The Labute approximate surface area is 139 Å².